The lowest BCUT2D eigenvalue weighted by molar-refractivity contribution is -0.232. The van der Waals surface area contributed by atoms with Crippen LogP contribution in [0.15, 0.2) is 22.1 Å². The Kier molecular flexibility index (Phi) is 2.69. The van der Waals surface area contributed by atoms with Crippen LogP contribution in [-0.2, 0) is 19.1 Å². The van der Waals surface area contributed by atoms with Gasteiger partial charge in [0.1, 0.15) is 17.1 Å². The predicted octanol–water partition coefficient (Wildman–Crippen LogP) is 2.34. The van der Waals surface area contributed by atoms with E-state index in [2.05, 4.69) is 0 Å². The van der Waals surface area contributed by atoms with Crippen molar-refractivity contribution in [1.29, 1.82) is 0 Å². The van der Waals surface area contributed by atoms with Gasteiger partial charge in [0.05, 0.1) is 0 Å². The Morgan fingerprint density at radius 2 is 1.74 bits per heavy atom. The van der Waals surface area contributed by atoms with E-state index in [1.165, 1.54) is 6.08 Å². The number of aryl methyl sites for hydroxylation is 1. The molecule has 1 saturated carbocycles. The minimum atomic E-state index is -1.02. The van der Waals surface area contributed by atoms with Gasteiger partial charge in [0.2, 0.25) is 0 Å². The summed E-state index contributed by atoms with van der Waals surface area (Å²) in [5.74, 6) is -1.15. The number of carbonyl (C=O) groups is 2. The molecule has 19 heavy (non-hydrogen) atoms. The van der Waals surface area contributed by atoms with Gasteiger partial charge in [-0.1, -0.05) is 0 Å². The van der Waals surface area contributed by atoms with Gasteiger partial charge in [0, 0.05) is 18.9 Å². The maximum Gasteiger partial charge on any atom is 0.349 e. The Morgan fingerprint density at radius 1 is 1.11 bits per heavy atom. The maximum absolute atomic E-state index is 11.9. The Labute approximate surface area is 110 Å². The van der Waals surface area contributed by atoms with Crippen molar-refractivity contribution >= 4 is 18.0 Å². The number of esters is 2. The minimum Gasteiger partial charge on any atom is -0.462 e. The minimum absolute atomic E-state index is 0.119. The molecule has 1 aromatic rings. The molecule has 0 unspecified atom stereocenters. The van der Waals surface area contributed by atoms with Crippen LogP contribution in [0, 0.1) is 6.92 Å². The molecule has 100 valence electrons. The lowest BCUT2D eigenvalue weighted by Gasteiger charge is -2.32. The summed E-state index contributed by atoms with van der Waals surface area (Å²) in [4.78, 5) is 23.9. The van der Waals surface area contributed by atoms with E-state index in [1.807, 2.05) is 0 Å². The van der Waals surface area contributed by atoms with E-state index in [4.69, 9.17) is 13.9 Å². The average molecular weight is 262 g/mol. The first kappa shape index (κ1) is 12.0. The van der Waals surface area contributed by atoms with Crippen molar-refractivity contribution in [2.24, 2.45) is 0 Å². The lowest BCUT2D eigenvalue weighted by Crippen LogP contribution is -2.44. The van der Waals surface area contributed by atoms with E-state index in [1.54, 1.807) is 19.1 Å². The Hall–Kier alpha value is -2.04. The zero-order valence-corrected chi connectivity index (χ0v) is 10.6. The molecular weight excluding hydrogens is 248 g/mol. The van der Waals surface area contributed by atoms with Crippen LogP contribution in [-0.4, -0.2) is 17.7 Å². The molecule has 1 saturated heterocycles. The summed E-state index contributed by atoms with van der Waals surface area (Å²) in [7, 11) is 0. The summed E-state index contributed by atoms with van der Waals surface area (Å²) in [5.41, 5.74) is -0.119. The first-order valence-corrected chi connectivity index (χ1v) is 6.33. The van der Waals surface area contributed by atoms with Crippen LogP contribution < -0.4 is 0 Å². The van der Waals surface area contributed by atoms with Gasteiger partial charge in [0.25, 0.3) is 5.79 Å². The van der Waals surface area contributed by atoms with Crippen molar-refractivity contribution in [1.82, 2.24) is 0 Å². The number of rotatable bonds is 1. The van der Waals surface area contributed by atoms with Crippen molar-refractivity contribution in [2.45, 2.75) is 38.4 Å². The van der Waals surface area contributed by atoms with Crippen molar-refractivity contribution in [2.75, 3.05) is 0 Å². The summed E-state index contributed by atoms with van der Waals surface area (Å²) < 4.78 is 15.9. The van der Waals surface area contributed by atoms with Crippen LogP contribution in [0.2, 0.25) is 0 Å². The van der Waals surface area contributed by atoms with Crippen molar-refractivity contribution in [3.05, 3.63) is 29.2 Å². The number of carbonyl (C=O) groups excluding carboxylic acids is 2. The highest BCUT2D eigenvalue weighted by atomic mass is 16.7. The number of furan rings is 1. The number of ether oxygens (including phenoxy) is 2. The van der Waals surface area contributed by atoms with Crippen LogP contribution in [0.5, 0.6) is 0 Å². The summed E-state index contributed by atoms with van der Waals surface area (Å²) in [6.45, 7) is 1.78. The molecule has 0 atom stereocenters. The van der Waals surface area contributed by atoms with Gasteiger partial charge in [-0.25, -0.2) is 9.59 Å². The van der Waals surface area contributed by atoms with E-state index in [0.29, 0.717) is 24.4 Å². The van der Waals surface area contributed by atoms with Crippen molar-refractivity contribution < 1.29 is 23.5 Å². The molecule has 0 bridgehead atoms. The van der Waals surface area contributed by atoms with E-state index in [0.717, 1.165) is 12.8 Å². The fourth-order valence-corrected chi connectivity index (χ4v) is 2.46. The molecule has 1 spiro atoms. The van der Waals surface area contributed by atoms with Crippen LogP contribution in [0.1, 0.15) is 37.2 Å². The van der Waals surface area contributed by atoms with Gasteiger partial charge in [-0.05, 0) is 31.9 Å². The van der Waals surface area contributed by atoms with E-state index < -0.39 is 17.7 Å². The zero-order chi connectivity index (χ0) is 13.5. The van der Waals surface area contributed by atoms with Gasteiger partial charge in [-0.2, -0.15) is 0 Å². The van der Waals surface area contributed by atoms with Crippen LogP contribution in [0.25, 0.3) is 6.08 Å². The standard InChI is InChI=1S/C14H14O5/c1-9-4-5-10(17-9)8-11-12(15)18-14(19-13(11)16)6-2-3-7-14/h4-5,8H,2-3,6-7H2,1H3. The van der Waals surface area contributed by atoms with Crippen molar-refractivity contribution in [3.63, 3.8) is 0 Å². The molecule has 2 fully saturated rings. The van der Waals surface area contributed by atoms with Gasteiger partial charge < -0.3 is 13.9 Å². The normalized spacial score (nSPS) is 21.4. The molecule has 2 heterocycles. The molecular formula is C14H14O5. The fraction of sp³-hybridized carbons (Fsp3) is 0.429. The second-order valence-electron chi connectivity index (χ2n) is 4.90. The summed E-state index contributed by atoms with van der Waals surface area (Å²) in [6, 6.07) is 3.44. The first-order valence-electron chi connectivity index (χ1n) is 6.33. The SMILES string of the molecule is Cc1ccc(C=C2C(=O)OC3(CCCC3)OC2=O)o1. The summed E-state index contributed by atoms with van der Waals surface area (Å²) in [5, 5.41) is 0. The molecule has 1 aliphatic heterocycles. The smallest absolute Gasteiger partial charge is 0.349 e. The molecule has 0 N–H and O–H groups in total. The molecule has 5 heteroatoms. The summed E-state index contributed by atoms with van der Waals surface area (Å²) in [6.07, 6.45) is 4.32. The largest absolute Gasteiger partial charge is 0.462 e. The highest BCUT2D eigenvalue weighted by Crippen LogP contribution is 2.38. The van der Waals surface area contributed by atoms with Gasteiger partial charge in [-0.3, -0.25) is 0 Å². The van der Waals surface area contributed by atoms with Gasteiger partial charge in [0.15, 0.2) is 0 Å². The zero-order valence-electron chi connectivity index (χ0n) is 10.6. The quantitative estimate of drug-likeness (QED) is 0.441. The topological polar surface area (TPSA) is 65.7 Å². The van der Waals surface area contributed by atoms with Crippen LogP contribution in [0.3, 0.4) is 0 Å². The monoisotopic (exact) mass is 262 g/mol. The van der Waals surface area contributed by atoms with Crippen LogP contribution >= 0.6 is 0 Å². The third-order valence-electron chi connectivity index (χ3n) is 3.41. The summed E-state index contributed by atoms with van der Waals surface area (Å²) >= 11 is 0. The molecule has 1 aromatic heterocycles. The highest BCUT2D eigenvalue weighted by Gasteiger charge is 2.47. The molecule has 2 aliphatic rings. The van der Waals surface area contributed by atoms with Gasteiger partial charge in [-0.15, -0.1) is 0 Å². The van der Waals surface area contributed by atoms with E-state index in [-0.39, 0.29) is 5.57 Å². The third-order valence-corrected chi connectivity index (χ3v) is 3.41. The predicted molar refractivity (Wildman–Crippen MR) is 64.8 cm³/mol. The second-order valence-corrected chi connectivity index (χ2v) is 4.90. The fourth-order valence-electron chi connectivity index (χ4n) is 2.46. The molecule has 5 nitrogen and oxygen atoms in total. The van der Waals surface area contributed by atoms with Crippen molar-refractivity contribution in [3.8, 4) is 0 Å². The molecule has 0 aromatic carbocycles. The second kappa shape index (κ2) is 4.26. The Morgan fingerprint density at radius 3 is 2.26 bits per heavy atom. The molecule has 0 amide bonds. The van der Waals surface area contributed by atoms with Crippen LogP contribution in [0.4, 0.5) is 0 Å². The van der Waals surface area contributed by atoms with Gasteiger partial charge >= 0.3 is 11.9 Å². The average Bonchev–Trinajstić information content (AvgIpc) is 2.94. The van der Waals surface area contributed by atoms with E-state index in [9.17, 15) is 9.59 Å². The lowest BCUT2D eigenvalue weighted by atomic mass is 10.1. The number of hydrogen-bond donors (Lipinski definition) is 0. The number of hydrogen-bond acceptors (Lipinski definition) is 5. The Balaban J connectivity index is 1.86. The molecule has 3 rings (SSSR count). The van der Waals surface area contributed by atoms with E-state index >= 15 is 0 Å². The third kappa shape index (κ3) is 2.16. The molecule has 0 radical (unpaired) electrons. The Bertz CT molecular complexity index is 538. The maximum atomic E-state index is 11.9. The molecule has 1 aliphatic carbocycles. The highest BCUT2D eigenvalue weighted by molar-refractivity contribution is 6.18. The first-order chi connectivity index (χ1) is 9.08.